The molecule has 0 radical (unpaired) electrons. The summed E-state index contributed by atoms with van der Waals surface area (Å²) in [5, 5.41) is 0. The largest absolute Gasteiger partial charge is 0.293 e. The number of hydrogen-bond acceptors (Lipinski definition) is 1. The van der Waals surface area contributed by atoms with Gasteiger partial charge in [-0.15, -0.1) is 0 Å². The minimum absolute atomic E-state index is 0.260. The molecule has 0 saturated heterocycles. The average Bonchev–Trinajstić information content (AvgIpc) is 2.19. The van der Waals surface area contributed by atoms with Gasteiger partial charge < -0.3 is 0 Å². The zero-order valence-electron chi connectivity index (χ0n) is 9.23. The molecule has 0 bridgehead atoms. The van der Waals surface area contributed by atoms with Crippen LogP contribution in [0.5, 0.6) is 5.75 Å². The molecule has 0 saturated carbocycles. The third-order valence-electron chi connectivity index (χ3n) is 1.74. The number of rotatable bonds is 2. The maximum absolute atomic E-state index is 12.0. The highest BCUT2D eigenvalue weighted by molar-refractivity contribution is 5.59. The van der Waals surface area contributed by atoms with E-state index in [1.54, 1.807) is 13.0 Å². The highest BCUT2D eigenvalue weighted by Crippen LogP contribution is 2.26. The van der Waals surface area contributed by atoms with Crippen LogP contribution in [0.25, 0.3) is 6.08 Å². The van der Waals surface area contributed by atoms with E-state index in [4.69, 9.17) is 0 Å². The van der Waals surface area contributed by atoms with Crippen LogP contribution >= 0.6 is 0 Å². The first-order valence-electron chi connectivity index (χ1n) is 4.71. The van der Waals surface area contributed by atoms with Crippen molar-refractivity contribution in [3.8, 4) is 5.75 Å². The first-order chi connectivity index (χ1) is 6.69. The van der Waals surface area contributed by atoms with Gasteiger partial charge in [0.05, 0.1) is 0 Å². The van der Waals surface area contributed by atoms with Crippen molar-refractivity contribution in [3.63, 3.8) is 0 Å². The van der Waals surface area contributed by atoms with Crippen molar-refractivity contribution in [2.24, 2.45) is 0 Å². The number of benzene rings is 1. The molecule has 0 N–H and O–H groups in total. The van der Waals surface area contributed by atoms with Crippen LogP contribution in [0.15, 0.2) is 18.7 Å². The Morgan fingerprint density at radius 1 is 1.29 bits per heavy atom. The molecule has 0 fully saturated rings. The Morgan fingerprint density at radius 2 is 1.86 bits per heavy atom. The van der Waals surface area contributed by atoms with Gasteiger partial charge in [0.15, 0.2) is 5.75 Å². The third kappa shape index (κ3) is 2.87. The molecule has 0 heterocycles. The summed E-state index contributed by atoms with van der Waals surface area (Å²) in [6, 6.07) is 3.69. The monoisotopic (exact) mass is 196 g/mol. The lowest BCUT2D eigenvalue weighted by molar-refractivity contribution is -0.00727. The highest BCUT2D eigenvalue weighted by Gasteiger charge is 2.05. The minimum Gasteiger partial charge on any atom is -0.293 e. The number of hydrogen-bond donors (Lipinski definition) is 0. The molecule has 1 rings (SSSR count). The van der Waals surface area contributed by atoms with Gasteiger partial charge in [-0.1, -0.05) is 32.6 Å². The van der Waals surface area contributed by atoms with Crippen LogP contribution in [-0.4, -0.2) is 0 Å². The van der Waals surface area contributed by atoms with Gasteiger partial charge in [-0.2, -0.15) is 0 Å². The van der Waals surface area contributed by atoms with Crippen LogP contribution < -0.4 is 4.94 Å². The molecule has 1 aromatic carbocycles. The fraction of sp³-hybridized carbons (Fsp3) is 0.333. The van der Waals surface area contributed by atoms with Crippen molar-refractivity contribution in [3.05, 3.63) is 35.4 Å². The standard InChI is InChI=1S/C10H11FO.C2H6/c1-4-9-6-7(2)5-8(3)10(9)12-11;1-2/h4-6H,1H2,2-3H3;1-2H3. The summed E-state index contributed by atoms with van der Waals surface area (Å²) in [4.78, 5) is 3.75. The average molecular weight is 196 g/mol. The molecule has 0 aliphatic rings. The van der Waals surface area contributed by atoms with E-state index in [2.05, 4.69) is 11.5 Å². The van der Waals surface area contributed by atoms with Crippen LogP contribution in [0.4, 0.5) is 4.53 Å². The maximum Gasteiger partial charge on any atom is 0.181 e. The lowest BCUT2D eigenvalue weighted by Crippen LogP contribution is -1.88. The normalized spacial score (nSPS) is 8.64. The summed E-state index contributed by atoms with van der Waals surface area (Å²) < 4.78 is 12.0. The van der Waals surface area contributed by atoms with Crippen LogP contribution in [0.3, 0.4) is 0 Å². The highest BCUT2D eigenvalue weighted by atomic mass is 19.3. The second-order valence-electron chi connectivity index (χ2n) is 2.78. The van der Waals surface area contributed by atoms with Gasteiger partial charge in [-0.05, 0) is 31.0 Å². The molecule has 0 aromatic heterocycles. The van der Waals surface area contributed by atoms with Gasteiger partial charge in [0.2, 0.25) is 0 Å². The Morgan fingerprint density at radius 3 is 2.29 bits per heavy atom. The van der Waals surface area contributed by atoms with Crippen molar-refractivity contribution < 1.29 is 9.47 Å². The molecule has 78 valence electrons. The van der Waals surface area contributed by atoms with Gasteiger partial charge in [0, 0.05) is 10.1 Å². The predicted octanol–water partition coefficient (Wildman–Crippen LogP) is 4.24. The van der Waals surface area contributed by atoms with Crippen LogP contribution in [-0.2, 0) is 0 Å². The third-order valence-corrected chi connectivity index (χ3v) is 1.74. The Hall–Kier alpha value is -1.31. The summed E-state index contributed by atoms with van der Waals surface area (Å²) in [5.41, 5.74) is 2.55. The quantitative estimate of drug-likeness (QED) is 0.687. The van der Waals surface area contributed by atoms with Gasteiger partial charge in [-0.3, -0.25) is 4.94 Å². The Bertz CT molecular complexity index is 305. The predicted molar refractivity (Wildman–Crippen MR) is 59.1 cm³/mol. The molecule has 0 aliphatic heterocycles. The van der Waals surface area contributed by atoms with E-state index in [1.165, 1.54) is 0 Å². The van der Waals surface area contributed by atoms with Crippen molar-refractivity contribution in [1.29, 1.82) is 0 Å². The zero-order chi connectivity index (χ0) is 11.1. The number of aryl methyl sites for hydroxylation is 2. The van der Waals surface area contributed by atoms with Gasteiger partial charge in [0.25, 0.3) is 0 Å². The summed E-state index contributed by atoms with van der Waals surface area (Å²) in [6.07, 6.45) is 1.58. The van der Waals surface area contributed by atoms with E-state index < -0.39 is 0 Å². The second kappa shape index (κ2) is 6.19. The van der Waals surface area contributed by atoms with Crippen LogP contribution in [0.1, 0.15) is 30.5 Å². The Balaban J connectivity index is 0.000000791. The van der Waals surface area contributed by atoms with Crippen LogP contribution in [0, 0.1) is 13.8 Å². The molecule has 0 spiro atoms. The van der Waals surface area contributed by atoms with Crippen molar-refractivity contribution in [2.75, 3.05) is 0 Å². The van der Waals surface area contributed by atoms with E-state index in [0.717, 1.165) is 11.1 Å². The topological polar surface area (TPSA) is 9.23 Å². The summed E-state index contributed by atoms with van der Waals surface area (Å²) in [7, 11) is 0. The summed E-state index contributed by atoms with van der Waals surface area (Å²) in [5.74, 6) is 0.260. The van der Waals surface area contributed by atoms with Crippen LogP contribution in [0.2, 0.25) is 0 Å². The molecular weight excluding hydrogens is 179 g/mol. The lowest BCUT2D eigenvalue weighted by atomic mass is 10.1. The molecule has 0 unspecified atom stereocenters. The lowest BCUT2D eigenvalue weighted by Gasteiger charge is -2.05. The van der Waals surface area contributed by atoms with Crippen molar-refractivity contribution in [1.82, 2.24) is 0 Å². The van der Waals surface area contributed by atoms with Gasteiger partial charge in [-0.25, -0.2) is 0 Å². The minimum atomic E-state index is 0.260. The van der Waals surface area contributed by atoms with Gasteiger partial charge >= 0.3 is 0 Å². The maximum atomic E-state index is 12.0. The fourth-order valence-corrected chi connectivity index (χ4v) is 1.24. The van der Waals surface area contributed by atoms with E-state index in [1.807, 2.05) is 32.9 Å². The molecule has 14 heavy (non-hydrogen) atoms. The van der Waals surface area contributed by atoms with Gasteiger partial charge in [0.1, 0.15) is 0 Å². The summed E-state index contributed by atoms with van der Waals surface area (Å²) >= 11 is 0. The first-order valence-corrected chi connectivity index (χ1v) is 4.71. The molecule has 1 aromatic rings. The van der Waals surface area contributed by atoms with Crippen molar-refractivity contribution in [2.45, 2.75) is 27.7 Å². The smallest absolute Gasteiger partial charge is 0.181 e. The second-order valence-corrected chi connectivity index (χ2v) is 2.78. The first kappa shape index (κ1) is 12.7. The fourth-order valence-electron chi connectivity index (χ4n) is 1.24. The van der Waals surface area contributed by atoms with E-state index in [9.17, 15) is 4.53 Å². The summed E-state index contributed by atoms with van der Waals surface area (Å²) in [6.45, 7) is 11.3. The zero-order valence-corrected chi connectivity index (χ0v) is 9.23. The molecule has 0 aliphatic carbocycles. The Labute approximate surface area is 85.1 Å². The van der Waals surface area contributed by atoms with E-state index >= 15 is 0 Å². The Kier molecular flexibility index (Phi) is 5.61. The molecule has 0 atom stereocenters. The van der Waals surface area contributed by atoms with E-state index in [0.29, 0.717) is 5.56 Å². The molecule has 0 amide bonds. The molecule has 2 heteroatoms. The number of halogens is 1. The SMILES string of the molecule is C=Cc1cc(C)cc(C)c1OF.CC. The van der Waals surface area contributed by atoms with E-state index in [-0.39, 0.29) is 5.75 Å². The van der Waals surface area contributed by atoms with Crippen molar-refractivity contribution >= 4 is 6.08 Å². The molecular formula is C12H17FO. The molecule has 1 nitrogen and oxygen atoms in total.